The fourth-order valence-electron chi connectivity index (χ4n) is 2.05. The van der Waals surface area contributed by atoms with Crippen LogP contribution in [0.1, 0.15) is 17.0 Å². The average Bonchev–Trinajstić information content (AvgIpc) is 2.99. The van der Waals surface area contributed by atoms with E-state index in [4.69, 9.17) is 4.42 Å². The molecule has 0 amide bonds. The van der Waals surface area contributed by atoms with Crippen molar-refractivity contribution >= 4 is 0 Å². The van der Waals surface area contributed by atoms with Gasteiger partial charge in [-0.1, -0.05) is 29.8 Å². The molecule has 0 unspecified atom stereocenters. The fourth-order valence-corrected chi connectivity index (χ4v) is 2.05. The molecule has 0 saturated carbocycles. The van der Waals surface area contributed by atoms with Crippen molar-refractivity contribution in [1.29, 1.82) is 0 Å². The zero-order chi connectivity index (χ0) is 15.4. The first-order chi connectivity index (χ1) is 10.7. The average molecular weight is 297 g/mol. The molecule has 0 spiro atoms. The largest absolute Gasteiger partial charge is 0.419 e. The molecule has 1 aromatic heterocycles. The zero-order valence-electron chi connectivity index (χ0n) is 12.2. The summed E-state index contributed by atoms with van der Waals surface area (Å²) < 4.78 is 18.4. The van der Waals surface area contributed by atoms with Gasteiger partial charge in [-0.25, -0.2) is 4.39 Å². The summed E-state index contributed by atoms with van der Waals surface area (Å²) >= 11 is 0. The molecule has 112 valence electrons. The molecule has 2 aromatic carbocycles. The van der Waals surface area contributed by atoms with Gasteiger partial charge in [0.25, 0.3) is 0 Å². The molecule has 4 nitrogen and oxygen atoms in total. The number of halogens is 1. The predicted octanol–water partition coefficient (Wildman–Crippen LogP) is 3.47. The van der Waals surface area contributed by atoms with Crippen molar-refractivity contribution < 1.29 is 8.81 Å². The number of nitrogens with one attached hydrogen (secondary N) is 1. The quantitative estimate of drug-likeness (QED) is 0.783. The molecule has 3 rings (SSSR count). The third-order valence-electron chi connectivity index (χ3n) is 3.28. The highest BCUT2D eigenvalue weighted by atomic mass is 19.1. The maximum absolute atomic E-state index is 12.8. The molecule has 0 aliphatic carbocycles. The monoisotopic (exact) mass is 297 g/mol. The zero-order valence-corrected chi connectivity index (χ0v) is 12.2. The Morgan fingerprint density at radius 1 is 0.955 bits per heavy atom. The molecule has 3 aromatic rings. The van der Waals surface area contributed by atoms with E-state index >= 15 is 0 Å². The summed E-state index contributed by atoms with van der Waals surface area (Å²) in [6.45, 7) is 3.11. The van der Waals surface area contributed by atoms with Crippen molar-refractivity contribution in [3.05, 3.63) is 71.4 Å². The van der Waals surface area contributed by atoms with E-state index in [0.29, 0.717) is 24.9 Å². The van der Waals surface area contributed by atoms with Crippen molar-refractivity contribution in [1.82, 2.24) is 15.5 Å². The van der Waals surface area contributed by atoms with E-state index in [1.54, 1.807) is 12.1 Å². The fraction of sp³-hybridized carbons (Fsp3) is 0.176. The summed E-state index contributed by atoms with van der Waals surface area (Å²) in [6.07, 6.45) is 0. The van der Waals surface area contributed by atoms with E-state index in [9.17, 15) is 4.39 Å². The van der Waals surface area contributed by atoms with Gasteiger partial charge in [0.05, 0.1) is 6.54 Å². The molecule has 0 bridgehead atoms. The van der Waals surface area contributed by atoms with Crippen LogP contribution in [0, 0.1) is 12.7 Å². The van der Waals surface area contributed by atoms with Crippen molar-refractivity contribution in [2.75, 3.05) is 0 Å². The van der Waals surface area contributed by atoms with Crippen LogP contribution in [0.2, 0.25) is 0 Å². The Labute approximate surface area is 128 Å². The molecule has 0 aliphatic rings. The normalized spacial score (nSPS) is 10.8. The number of nitrogens with zero attached hydrogens (tertiary/aromatic N) is 2. The van der Waals surface area contributed by atoms with E-state index in [0.717, 1.165) is 11.1 Å². The van der Waals surface area contributed by atoms with Gasteiger partial charge in [0.15, 0.2) is 0 Å². The first-order valence-electron chi connectivity index (χ1n) is 7.05. The molecule has 0 saturated heterocycles. The van der Waals surface area contributed by atoms with Crippen molar-refractivity contribution in [3.8, 4) is 11.5 Å². The molecule has 0 atom stereocenters. The summed E-state index contributed by atoms with van der Waals surface area (Å²) in [6, 6.07) is 14.3. The van der Waals surface area contributed by atoms with E-state index in [2.05, 4.69) is 15.5 Å². The Hall–Kier alpha value is -2.53. The second-order valence-corrected chi connectivity index (χ2v) is 5.10. The van der Waals surface area contributed by atoms with Crippen LogP contribution in [-0.2, 0) is 13.1 Å². The lowest BCUT2D eigenvalue weighted by Crippen LogP contribution is -2.12. The van der Waals surface area contributed by atoms with Crippen LogP contribution in [0.15, 0.2) is 52.9 Å². The van der Waals surface area contributed by atoms with Gasteiger partial charge in [-0.05, 0) is 36.8 Å². The lowest BCUT2D eigenvalue weighted by atomic mass is 10.1. The highest BCUT2D eigenvalue weighted by molar-refractivity contribution is 5.52. The number of hydrogen-bond acceptors (Lipinski definition) is 4. The van der Waals surface area contributed by atoms with E-state index in [1.807, 2.05) is 31.2 Å². The summed E-state index contributed by atoms with van der Waals surface area (Å²) in [7, 11) is 0. The summed E-state index contributed by atoms with van der Waals surface area (Å²) in [5.74, 6) is 0.805. The molecule has 1 N–H and O–H groups in total. The highest BCUT2D eigenvalue weighted by Gasteiger charge is 2.07. The third kappa shape index (κ3) is 3.56. The summed E-state index contributed by atoms with van der Waals surface area (Å²) in [5, 5.41) is 11.3. The summed E-state index contributed by atoms with van der Waals surface area (Å²) in [5.41, 5.74) is 3.09. The number of hydrogen-bond donors (Lipinski definition) is 1. The van der Waals surface area contributed by atoms with Gasteiger partial charge in [-0.3, -0.25) is 0 Å². The van der Waals surface area contributed by atoms with E-state index < -0.39 is 0 Å². The maximum Gasteiger partial charge on any atom is 0.247 e. The standard InChI is InChI=1S/C17H16FN3O/c1-12-2-6-14(7-3-12)17-21-20-16(22-17)11-19-10-13-4-8-15(18)9-5-13/h2-9,19H,10-11H2,1H3. The Bertz CT molecular complexity index is 735. The second-order valence-electron chi connectivity index (χ2n) is 5.10. The number of aryl methyl sites for hydroxylation is 1. The summed E-state index contributed by atoms with van der Waals surface area (Å²) in [4.78, 5) is 0. The lowest BCUT2D eigenvalue weighted by Gasteiger charge is -2.01. The number of aromatic nitrogens is 2. The lowest BCUT2D eigenvalue weighted by molar-refractivity contribution is 0.477. The molecule has 0 aliphatic heterocycles. The van der Waals surface area contributed by atoms with Gasteiger partial charge in [-0.15, -0.1) is 10.2 Å². The Morgan fingerprint density at radius 2 is 1.68 bits per heavy atom. The minimum absolute atomic E-state index is 0.233. The molecule has 5 heteroatoms. The highest BCUT2D eigenvalue weighted by Crippen LogP contribution is 2.18. The molecular weight excluding hydrogens is 281 g/mol. The van der Waals surface area contributed by atoms with Crippen LogP contribution in [0.25, 0.3) is 11.5 Å². The molecular formula is C17H16FN3O. The molecule has 1 heterocycles. The third-order valence-corrected chi connectivity index (χ3v) is 3.28. The van der Waals surface area contributed by atoms with Crippen LogP contribution < -0.4 is 5.32 Å². The van der Waals surface area contributed by atoms with Gasteiger partial charge >= 0.3 is 0 Å². The predicted molar refractivity (Wildman–Crippen MR) is 81.4 cm³/mol. The van der Waals surface area contributed by atoms with Crippen molar-refractivity contribution in [3.63, 3.8) is 0 Å². The van der Waals surface area contributed by atoms with Crippen LogP contribution in [0.4, 0.5) is 4.39 Å². The minimum Gasteiger partial charge on any atom is -0.419 e. The van der Waals surface area contributed by atoms with Gasteiger partial charge in [0.1, 0.15) is 5.82 Å². The van der Waals surface area contributed by atoms with Crippen LogP contribution in [0.3, 0.4) is 0 Å². The van der Waals surface area contributed by atoms with E-state index in [1.165, 1.54) is 17.7 Å². The SMILES string of the molecule is Cc1ccc(-c2nnc(CNCc3ccc(F)cc3)o2)cc1. The van der Waals surface area contributed by atoms with Gasteiger partial charge in [0.2, 0.25) is 11.8 Å². The Morgan fingerprint density at radius 3 is 2.41 bits per heavy atom. The Balaban J connectivity index is 1.57. The van der Waals surface area contributed by atoms with Crippen LogP contribution in [0.5, 0.6) is 0 Å². The van der Waals surface area contributed by atoms with E-state index in [-0.39, 0.29) is 5.82 Å². The van der Waals surface area contributed by atoms with Gasteiger partial charge < -0.3 is 9.73 Å². The first-order valence-corrected chi connectivity index (χ1v) is 7.05. The molecule has 22 heavy (non-hydrogen) atoms. The number of benzene rings is 2. The van der Waals surface area contributed by atoms with Crippen molar-refractivity contribution in [2.24, 2.45) is 0 Å². The molecule has 0 radical (unpaired) electrons. The Kier molecular flexibility index (Phi) is 4.25. The molecule has 0 fully saturated rings. The van der Waals surface area contributed by atoms with Crippen LogP contribution in [-0.4, -0.2) is 10.2 Å². The second kappa shape index (κ2) is 6.49. The topological polar surface area (TPSA) is 51.0 Å². The number of rotatable bonds is 5. The maximum atomic E-state index is 12.8. The van der Waals surface area contributed by atoms with Crippen LogP contribution >= 0.6 is 0 Å². The van der Waals surface area contributed by atoms with Gasteiger partial charge in [-0.2, -0.15) is 0 Å². The first kappa shape index (κ1) is 14.4. The van der Waals surface area contributed by atoms with Crippen molar-refractivity contribution in [2.45, 2.75) is 20.0 Å². The minimum atomic E-state index is -0.233. The van der Waals surface area contributed by atoms with Gasteiger partial charge in [0, 0.05) is 12.1 Å². The smallest absolute Gasteiger partial charge is 0.247 e.